The van der Waals surface area contributed by atoms with Crippen molar-refractivity contribution in [1.29, 1.82) is 0 Å². The summed E-state index contributed by atoms with van der Waals surface area (Å²) in [6.07, 6.45) is 13.8. The highest BCUT2D eigenvalue weighted by atomic mass is 16.5. The molecular formula is C23H40N2O. The van der Waals surface area contributed by atoms with Gasteiger partial charge in [-0.25, -0.2) is 0 Å². The van der Waals surface area contributed by atoms with Gasteiger partial charge in [0.1, 0.15) is 0 Å². The van der Waals surface area contributed by atoms with Crippen LogP contribution in [0.1, 0.15) is 65.7 Å². The third-order valence-corrected chi connectivity index (χ3v) is 7.02. The normalized spacial score (nSPS) is 35.8. The zero-order valence-electron chi connectivity index (χ0n) is 17.4. The average Bonchev–Trinajstić information content (AvgIpc) is 2.59. The first-order valence-corrected chi connectivity index (χ1v) is 10.8. The second-order valence-corrected chi connectivity index (χ2v) is 9.41. The number of rotatable bonds is 10. The van der Waals surface area contributed by atoms with Crippen molar-refractivity contribution in [3.8, 4) is 0 Å². The van der Waals surface area contributed by atoms with Gasteiger partial charge in [0.15, 0.2) is 0 Å². The molecule has 4 bridgehead atoms. The van der Waals surface area contributed by atoms with Gasteiger partial charge in [-0.15, -0.1) is 0 Å². The second-order valence-electron chi connectivity index (χ2n) is 9.41. The number of ether oxygens (including phenoxy) is 1. The van der Waals surface area contributed by atoms with Crippen LogP contribution >= 0.6 is 0 Å². The minimum Gasteiger partial charge on any atom is -0.378 e. The Morgan fingerprint density at radius 3 is 2.42 bits per heavy atom. The fraction of sp³-hybridized carbons (Fsp3) is 0.826. The molecule has 3 heteroatoms. The summed E-state index contributed by atoms with van der Waals surface area (Å²) < 4.78 is 5.97. The first-order valence-electron chi connectivity index (χ1n) is 10.8. The van der Waals surface area contributed by atoms with Crippen LogP contribution in [0, 0.1) is 17.8 Å². The van der Waals surface area contributed by atoms with Gasteiger partial charge in [-0.3, -0.25) is 0 Å². The summed E-state index contributed by atoms with van der Waals surface area (Å²) in [7, 11) is 1.94. The molecule has 4 rings (SSSR count). The highest BCUT2D eigenvalue weighted by molar-refractivity contribution is 5.08. The van der Waals surface area contributed by atoms with Gasteiger partial charge in [-0.05, 0) is 83.5 Å². The Morgan fingerprint density at radius 2 is 1.77 bits per heavy atom. The van der Waals surface area contributed by atoms with E-state index in [4.69, 9.17) is 4.74 Å². The van der Waals surface area contributed by atoms with Crippen molar-refractivity contribution in [3.63, 3.8) is 0 Å². The molecule has 3 nitrogen and oxygen atoms in total. The van der Waals surface area contributed by atoms with Crippen molar-refractivity contribution in [1.82, 2.24) is 10.6 Å². The van der Waals surface area contributed by atoms with E-state index in [0.717, 1.165) is 43.4 Å². The van der Waals surface area contributed by atoms with Crippen LogP contribution in [-0.4, -0.2) is 38.4 Å². The molecule has 0 saturated heterocycles. The molecule has 4 aliphatic rings. The first kappa shape index (κ1) is 20.1. The van der Waals surface area contributed by atoms with E-state index >= 15 is 0 Å². The van der Waals surface area contributed by atoms with E-state index in [0.29, 0.717) is 0 Å². The Balaban J connectivity index is 1.32. The van der Waals surface area contributed by atoms with E-state index in [1.807, 2.05) is 7.11 Å². The first-order chi connectivity index (χ1) is 12.5. The number of hydrogen-bond donors (Lipinski definition) is 2. The van der Waals surface area contributed by atoms with Crippen LogP contribution in [0.15, 0.2) is 23.3 Å². The lowest BCUT2D eigenvalue weighted by atomic mass is 9.52. The molecule has 2 unspecified atom stereocenters. The van der Waals surface area contributed by atoms with E-state index in [1.165, 1.54) is 56.1 Å². The molecule has 0 aromatic carbocycles. The Morgan fingerprint density at radius 1 is 1.04 bits per heavy atom. The second kappa shape index (κ2) is 9.03. The van der Waals surface area contributed by atoms with Crippen LogP contribution in [0.5, 0.6) is 0 Å². The fourth-order valence-corrected chi connectivity index (χ4v) is 5.90. The van der Waals surface area contributed by atoms with Crippen LogP contribution in [0.4, 0.5) is 0 Å². The van der Waals surface area contributed by atoms with Gasteiger partial charge in [0.2, 0.25) is 0 Å². The summed E-state index contributed by atoms with van der Waals surface area (Å²) in [4.78, 5) is 0. The van der Waals surface area contributed by atoms with E-state index < -0.39 is 0 Å². The Kier molecular flexibility index (Phi) is 6.98. The summed E-state index contributed by atoms with van der Waals surface area (Å²) in [5.74, 6) is 2.62. The summed E-state index contributed by atoms with van der Waals surface area (Å²) in [5, 5.41) is 7.47. The molecule has 4 fully saturated rings. The molecule has 0 aromatic heterocycles. The topological polar surface area (TPSA) is 33.3 Å². The summed E-state index contributed by atoms with van der Waals surface area (Å²) >= 11 is 0. The maximum absolute atomic E-state index is 5.97. The molecular weight excluding hydrogens is 320 g/mol. The van der Waals surface area contributed by atoms with Crippen molar-refractivity contribution < 1.29 is 4.74 Å². The molecule has 0 radical (unpaired) electrons. The number of hydrogen-bond acceptors (Lipinski definition) is 3. The van der Waals surface area contributed by atoms with E-state index in [2.05, 4.69) is 43.6 Å². The molecule has 0 aliphatic heterocycles. The van der Waals surface area contributed by atoms with Crippen LogP contribution in [-0.2, 0) is 4.74 Å². The van der Waals surface area contributed by atoms with Gasteiger partial charge in [0, 0.05) is 32.8 Å². The molecule has 2 N–H and O–H groups in total. The Bertz CT molecular complexity index is 504. The minimum atomic E-state index is 0.237. The molecule has 4 aliphatic carbocycles. The molecule has 0 heterocycles. The lowest BCUT2D eigenvalue weighted by Gasteiger charge is -2.59. The molecule has 2 atom stereocenters. The highest BCUT2D eigenvalue weighted by Gasteiger charge is 2.55. The maximum Gasteiger partial charge on any atom is 0.0687 e. The minimum absolute atomic E-state index is 0.237. The fourth-order valence-electron chi connectivity index (χ4n) is 5.90. The number of methoxy groups -OCH3 is 1. The predicted octanol–water partition coefficient (Wildman–Crippen LogP) is 4.45. The molecule has 4 saturated carbocycles. The number of nitrogens with one attached hydrogen (secondary N) is 2. The smallest absolute Gasteiger partial charge is 0.0687 e. The molecule has 148 valence electrons. The van der Waals surface area contributed by atoms with Gasteiger partial charge in [0.05, 0.1) is 5.60 Å². The van der Waals surface area contributed by atoms with Crippen LogP contribution in [0.2, 0.25) is 0 Å². The molecule has 0 amide bonds. The number of allylic oxidation sites excluding steroid dienone is 3. The highest BCUT2D eigenvalue weighted by Crippen LogP contribution is 2.56. The SMILES string of the molecule is COC12CC3CC(C1)C(NCCNC/C=C(\C)CCC=C(C)C)C(C3)C2. The third kappa shape index (κ3) is 4.99. The van der Waals surface area contributed by atoms with Gasteiger partial charge in [-0.1, -0.05) is 23.3 Å². The van der Waals surface area contributed by atoms with E-state index in [-0.39, 0.29) is 5.60 Å². The van der Waals surface area contributed by atoms with Crippen molar-refractivity contribution >= 4 is 0 Å². The van der Waals surface area contributed by atoms with Crippen molar-refractivity contribution in [2.75, 3.05) is 26.7 Å². The van der Waals surface area contributed by atoms with Gasteiger partial charge >= 0.3 is 0 Å². The maximum atomic E-state index is 5.97. The monoisotopic (exact) mass is 360 g/mol. The summed E-state index contributed by atoms with van der Waals surface area (Å²) in [5.41, 5.74) is 3.15. The molecule has 0 aromatic rings. The average molecular weight is 361 g/mol. The Labute approximate surface area is 161 Å². The van der Waals surface area contributed by atoms with Gasteiger partial charge in [-0.2, -0.15) is 0 Å². The van der Waals surface area contributed by atoms with Crippen molar-refractivity contribution in [2.45, 2.75) is 77.4 Å². The van der Waals surface area contributed by atoms with E-state index in [1.54, 1.807) is 0 Å². The predicted molar refractivity (Wildman–Crippen MR) is 110 cm³/mol. The van der Waals surface area contributed by atoms with E-state index in [9.17, 15) is 0 Å². The summed E-state index contributed by atoms with van der Waals surface area (Å²) in [6.45, 7) is 9.74. The molecule has 0 spiro atoms. The van der Waals surface area contributed by atoms with Crippen LogP contribution in [0.3, 0.4) is 0 Å². The quantitative estimate of drug-likeness (QED) is 0.446. The summed E-state index contributed by atoms with van der Waals surface area (Å²) in [6, 6.07) is 0.734. The van der Waals surface area contributed by atoms with Crippen LogP contribution < -0.4 is 10.6 Å². The standard InChI is InChI=1S/C23H40N2O/c1-17(2)6-5-7-18(3)8-9-24-10-11-25-22-20-12-19-13-21(22)16-23(14-19,15-20)26-4/h6,8,19-22,24-25H,5,7,9-16H2,1-4H3/b18-8+. The van der Waals surface area contributed by atoms with Gasteiger partial charge in [0.25, 0.3) is 0 Å². The van der Waals surface area contributed by atoms with Crippen molar-refractivity contribution in [2.24, 2.45) is 17.8 Å². The third-order valence-electron chi connectivity index (χ3n) is 7.02. The van der Waals surface area contributed by atoms with Gasteiger partial charge < -0.3 is 15.4 Å². The molecule has 26 heavy (non-hydrogen) atoms. The van der Waals surface area contributed by atoms with Crippen LogP contribution in [0.25, 0.3) is 0 Å². The zero-order valence-corrected chi connectivity index (χ0v) is 17.4. The lowest BCUT2D eigenvalue weighted by Crippen LogP contribution is -2.61. The Hall–Kier alpha value is -0.640. The zero-order chi connectivity index (χ0) is 18.6. The largest absolute Gasteiger partial charge is 0.378 e. The lowest BCUT2D eigenvalue weighted by molar-refractivity contribution is -0.157. The van der Waals surface area contributed by atoms with Crippen molar-refractivity contribution in [3.05, 3.63) is 23.3 Å².